The van der Waals surface area contributed by atoms with Gasteiger partial charge in [0.25, 0.3) is 5.91 Å². The number of carbonyl (C=O) groups excluding carboxylic acids is 2. The number of hydrogen-bond donors (Lipinski definition) is 1. The minimum Gasteiger partial charge on any atom is -0.493 e. The molecule has 5 nitrogen and oxygen atoms in total. The first-order chi connectivity index (χ1) is 11.4. The van der Waals surface area contributed by atoms with Crippen molar-refractivity contribution < 1.29 is 19.1 Å². The molecule has 8 heteroatoms. The van der Waals surface area contributed by atoms with Gasteiger partial charge >= 0.3 is 0 Å². The lowest BCUT2D eigenvalue weighted by molar-refractivity contribution is -0.118. The minimum absolute atomic E-state index is 0.239. The van der Waals surface area contributed by atoms with Crippen LogP contribution in [0.25, 0.3) is 0 Å². The highest BCUT2D eigenvalue weighted by atomic mass is 127. The van der Waals surface area contributed by atoms with Crippen molar-refractivity contribution in [3.05, 3.63) is 49.5 Å². The largest absolute Gasteiger partial charge is 0.493 e. The summed E-state index contributed by atoms with van der Waals surface area (Å²) in [6, 6.07) is 7.90. The van der Waals surface area contributed by atoms with Gasteiger partial charge in [-0.15, -0.1) is 0 Å². The van der Waals surface area contributed by atoms with Crippen molar-refractivity contribution in [2.24, 2.45) is 0 Å². The lowest BCUT2D eigenvalue weighted by Gasteiger charge is -2.13. The number of methoxy groups -OCH3 is 1. The maximum absolute atomic E-state index is 12.0. The molecule has 0 unspecified atom stereocenters. The summed E-state index contributed by atoms with van der Waals surface area (Å²) >= 11 is 13.8. The van der Waals surface area contributed by atoms with Crippen molar-refractivity contribution >= 4 is 63.7 Å². The zero-order valence-corrected chi connectivity index (χ0v) is 16.1. The Morgan fingerprint density at radius 1 is 1.21 bits per heavy atom. The van der Waals surface area contributed by atoms with Crippen molar-refractivity contribution in [3.63, 3.8) is 0 Å². The zero-order chi connectivity index (χ0) is 17.7. The summed E-state index contributed by atoms with van der Waals surface area (Å²) in [5.41, 5.74) is 0.931. The third-order valence-electron chi connectivity index (χ3n) is 2.88. The molecular formula is C16H12Cl2INO4. The van der Waals surface area contributed by atoms with E-state index in [0.29, 0.717) is 42.7 Å². The van der Waals surface area contributed by atoms with E-state index in [9.17, 15) is 9.59 Å². The van der Waals surface area contributed by atoms with E-state index in [1.54, 1.807) is 30.3 Å². The fourth-order valence-corrected chi connectivity index (χ4v) is 3.22. The van der Waals surface area contributed by atoms with Gasteiger partial charge in [0.2, 0.25) is 0 Å². The summed E-state index contributed by atoms with van der Waals surface area (Å²) < 4.78 is 11.4. The van der Waals surface area contributed by atoms with Gasteiger partial charge in [-0.1, -0.05) is 23.2 Å². The lowest BCUT2D eigenvalue weighted by Crippen LogP contribution is -2.20. The number of aldehydes is 1. The topological polar surface area (TPSA) is 64.6 Å². The van der Waals surface area contributed by atoms with Crippen LogP contribution in [0.1, 0.15) is 10.4 Å². The van der Waals surface area contributed by atoms with Crippen LogP contribution in [0.3, 0.4) is 0 Å². The van der Waals surface area contributed by atoms with E-state index >= 15 is 0 Å². The molecule has 0 fully saturated rings. The molecule has 126 valence electrons. The number of hydrogen-bond acceptors (Lipinski definition) is 4. The molecule has 0 atom stereocenters. The van der Waals surface area contributed by atoms with Gasteiger partial charge in [0, 0.05) is 21.3 Å². The van der Waals surface area contributed by atoms with E-state index in [2.05, 4.69) is 5.32 Å². The van der Waals surface area contributed by atoms with Crippen molar-refractivity contribution in [3.8, 4) is 11.5 Å². The standard InChI is InChI=1S/C16H12Cl2INO4/c1-23-14-3-9(7-21)2-13(19)16(14)24-8-15(22)20-12-5-10(17)4-11(18)6-12/h2-7H,8H2,1H3,(H,20,22). The molecule has 0 spiro atoms. The van der Waals surface area contributed by atoms with Gasteiger partial charge in [0.15, 0.2) is 18.1 Å². The van der Waals surface area contributed by atoms with Crippen molar-refractivity contribution in [1.29, 1.82) is 0 Å². The Labute approximate surface area is 162 Å². The first-order valence-corrected chi connectivity index (χ1v) is 8.48. The molecule has 2 aromatic rings. The van der Waals surface area contributed by atoms with Crippen LogP contribution in [0.2, 0.25) is 10.0 Å². The van der Waals surface area contributed by atoms with Crippen LogP contribution in [0, 0.1) is 3.57 Å². The molecule has 1 amide bonds. The second-order valence-corrected chi connectivity index (χ2v) is 6.68. The lowest BCUT2D eigenvalue weighted by atomic mass is 10.2. The average molecular weight is 480 g/mol. The number of benzene rings is 2. The highest BCUT2D eigenvalue weighted by Gasteiger charge is 2.13. The van der Waals surface area contributed by atoms with Gasteiger partial charge in [-0.05, 0) is 52.9 Å². The Morgan fingerprint density at radius 2 is 1.88 bits per heavy atom. The predicted octanol–water partition coefficient (Wildman–Crippen LogP) is 4.44. The summed E-state index contributed by atoms with van der Waals surface area (Å²) in [6.45, 7) is -0.239. The van der Waals surface area contributed by atoms with Crippen molar-refractivity contribution in [2.75, 3.05) is 19.0 Å². The number of ether oxygens (including phenoxy) is 2. The van der Waals surface area contributed by atoms with Gasteiger partial charge in [-0.3, -0.25) is 9.59 Å². The molecule has 24 heavy (non-hydrogen) atoms. The van der Waals surface area contributed by atoms with Crippen LogP contribution in [0.5, 0.6) is 11.5 Å². The molecule has 0 saturated carbocycles. The van der Waals surface area contributed by atoms with Gasteiger partial charge < -0.3 is 14.8 Å². The zero-order valence-electron chi connectivity index (χ0n) is 12.4. The fraction of sp³-hybridized carbons (Fsp3) is 0.125. The monoisotopic (exact) mass is 479 g/mol. The molecule has 0 aromatic heterocycles. The Balaban J connectivity index is 2.07. The number of rotatable bonds is 6. The molecule has 0 aliphatic heterocycles. The Morgan fingerprint density at radius 3 is 2.46 bits per heavy atom. The van der Waals surface area contributed by atoms with Crippen LogP contribution in [0.15, 0.2) is 30.3 Å². The summed E-state index contributed by atoms with van der Waals surface area (Å²) in [7, 11) is 1.46. The smallest absolute Gasteiger partial charge is 0.262 e. The first kappa shape index (κ1) is 18.8. The molecule has 2 rings (SSSR count). The minimum atomic E-state index is -0.384. The van der Waals surface area contributed by atoms with Gasteiger partial charge in [0.05, 0.1) is 10.7 Å². The summed E-state index contributed by atoms with van der Waals surface area (Å²) in [6.07, 6.45) is 0.712. The summed E-state index contributed by atoms with van der Waals surface area (Å²) in [4.78, 5) is 22.9. The molecule has 0 radical (unpaired) electrons. The third kappa shape index (κ3) is 4.99. The Hall–Kier alpha value is -1.51. The summed E-state index contributed by atoms with van der Waals surface area (Å²) in [5.74, 6) is 0.385. The van der Waals surface area contributed by atoms with Gasteiger partial charge in [0.1, 0.15) is 6.29 Å². The number of anilines is 1. The van der Waals surface area contributed by atoms with Crippen LogP contribution >= 0.6 is 45.8 Å². The van der Waals surface area contributed by atoms with Crippen molar-refractivity contribution in [2.45, 2.75) is 0 Å². The molecule has 0 aliphatic rings. The molecular weight excluding hydrogens is 468 g/mol. The molecule has 1 N–H and O–H groups in total. The van der Waals surface area contributed by atoms with Crippen LogP contribution in [0.4, 0.5) is 5.69 Å². The molecule has 0 saturated heterocycles. The molecule has 0 aliphatic carbocycles. The molecule has 0 heterocycles. The summed E-state index contributed by atoms with van der Waals surface area (Å²) in [5, 5.41) is 3.47. The van der Waals surface area contributed by atoms with E-state index in [4.69, 9.17) is 32.7 Å². The molecule has 0 bridgehead atoms. The van der Waals surface area contributed by atoms with E-state index in [-0.39, 0.29) is 12.5 Å². The Bertz CT molecular complexity index is 763. The number of halogens is 3. The fourth-order valence-electron chi connectivity index (χ4n) is 1.91. The average Bonchev–Trinajstić information content (AvgIpc) is 2.51. The Kier molecular flexibility index (Phi) is 6.70. The SMILES string of the molecule is COc1cc(C=O)cc(I)c1OCC(=O)Nc1cc(Cl)cc(Cl)c1. The van der Waals surface area contributed by atoms with Gasteiger partial charge in [-0.2, -0.15) is 0 Å². The third-order valence-corrected chi connectivity index (χ3v) is 4.12. The van der Waals surface area contributed by atoms with Gasteiger partial charge in [-0.25, -0.2) is 0 Å². The number of carbonyl (C=O) groups is 2. The quantitative estimate of drug-likeness (QED) is 0.491. The first-order valence-electron chi connectivity index (χ1n) is 6.64. The van der Waals surface area contributed by atoms with Crippen LogP contribution in [-0.2, 0) is 4.79 Å². The van der Waals surface area contributed by atoms with Crippen LogP contribution in [-0.4, -0.2) is 25.9 Å². The highest BCUT2D eigenvalue weighted by molar-refractivity contribution is 14.1. The molecule has 2 aromatic carbocycles. The van der Waals surface area contributed by atoms with Crippen molar-refractivity contribution in [1.82, 2.24) is 0 Å². The van der Waals surface area contributed by atoms with E-state index < -0.39 is 0 Å². The van der Waals surface area contributed by atoms with E-state index in [1.165, 1.54) is 7.11 Å². The maximum atomic E-state index is 12.0. The second kappa shape index (κ2) is 8.55. The number of amides is 1. The second-order valence-electron chi connectivity index (χ2n) is 4.65. The number of nitrogens with one attached hydrogen (secondary N) is 1. The maximum Gasteiger partial charge on any atom is 0.262 e. The van der Waals surface area contributed by atoms with E-state index in [0.717, 1.165) is 0 Å². The highest BCUT2D eigenvalue weighted by Crippen LogP contribution is 2.33. The normalized spacial score (nSPS) is 10.2. The van der Waals surface area contributed by atoms with Crippen LogP contribution < -0.4 is 14.8 Å². The van der Waals surface area contributed by atoms with E-state index in [1.807, 2.05) is 22.6 Å². The predicted molar refractivity (Wildman–Crippen MR) is 102 cm³/mol.